The van der Waals surface area contributed by atoms with Crippen LogP contribution in [0.3, 0.4) is 0 Å². The van der Waals surface area contributed by atoms with E-state index in [2.05, 4.69) is 5.32 Å². The highest BCUT2D eigenvalue weighted by Crippen LogP contribution is 2.46. The van der Waals surface area contributed by atoms with Gasteiger partial charge in [-0.2, -0.15) is 0 Å². The van der Waals surface area contributed by atoms with Crippen molar-refractivity contribution >= 4 is 23.0 Å². The van der Waals surface area contributed by atoms with Crippen LogP contribution in [0.2, 0.25) is 0 Å². The number of primary amides is 1. The van der Waals surface area contributed by atoms with Gasteiger partial charge in [-0.1, -0.05) is 54.6 Å². The molecular formula is C30H30N2O4. The zero-order chi connectivity index (χ0) is 25.5. The first-order valence-electron chi connectivity index (χ1n) is 12.2. The number of carbonyl (C=O) groups is 2. The molecule has 36 heavy (non-hydrogen) atoms. The topological polar surface area (TPSA) is 94.6 Å². The van der Waals surface area contributed by atoms with Crippen LogP contribution in [0.15, 0.2) is 77.2 Å². The zero-order valence-electron chi connectivity index (χ0n) is 20.8. The number of hydrogen-bond donors (Lipinski definition) is 2. The van der Waals surface area contributed by atoms with Crippen LogP contribution in [0.5, 0.6) is 0 Å². The van der Waals surface area contributed by atoms with E-state index in [1.807, 2.05) is 75.4 Å². The molecule has 0 unspecified atom stereocenters. The summed E-state index contributed by atoms with van der Waals surface area (Å²) in [6.07, 6.45) is 2.19. The van der Waals surface area contributed by atoms with E-state index in [-0.39, 0.29) is 5.54 Å². The minimum Gasteiger partial charge on any atom is -0.455 e. The third-order valence-corrected chi connectivity index (χ3v) is 6.63. The van der Waals surface area contributed by atoms with Gasteiger partial charge in [0.1, 0.15) is 16.9 Å². The highest BCUT2D eigenvalue weighted by atomic mass is 16.6. The number of fused-ring (bicyclic) bond motifs is 1. The third-order valence-electron chi connectivity index (χ3n) is 6.63. The van der Waals surface area contributed by atoms with Crippen LogP contribution in [0.1, 0.15) is 56.0 Å². The molecule has 1 aromatic heterocycles. The first-order chi connectivity index (χ1) is 17.2. The van der Waals surface area contributed by atoms with Crippen LogP contribution in [0.25, 0.3) is 33.4 Å². The molecule has 3 N–H and O–H groups in total. The number of carbonyl (C=O) groups excluding carboxylic acids is 2. The van der Waals surface area contributed by atoms with Gasteiger partial charge in [-0.15, -0.1) is 0 Å². The summed E-state index contributed by atoms with van der Waals surface area (Å²) in [6, 6.07) is 23.2. The highest BCUT2D eigenvalue weighted by Gasteiger charge is 2.43. The smallest absolute Gasteiger partial charge is 0.408 e. The number of nitrogens with one attached hydrogen (secondary N) is 1. The minimum absolute atomic E-state index is 0.366. The summed E-state index contributed by atoms with van der Waals surface area (Å²) in [5.74, 6) is 0.225. The summed E-state index contributed by atoms with van der Waals surface area (Å²) in [5.41, 5.74) is 9.42. The molecule has 6 heteroatoms. The Morgan fingerprint density at radius 2 is 1.64 bits per heavy atom. The summed E-state index contributed by atoms with van der Waals surface area (Å²) in [4.78, 5) is 24.4. The molecule has 4 aromatic rings. The summed E-state index contributed by atoms with van der Waals surface area (Å²) in [7, 11) is 0. The van der Waals surface area contributed by atoms with Crippen molar-refractivity contribution in [3.8, 4) is 22.5 Å². The summed E-state index contributed by atoms with van der Waals surface area (Å²) in [5, 5.41) is 3.72. The van der Waals surface area contributed by atoms with Gasteiger partial charge < -0.3 is 20.2 Å². The van der Waals surface area contributed by atoms with Gasteiger partial charge in [0.25, 0.3) is 0 Å². The van der Waals surface area contributed by atoms with E-state index in [1.54, 1.807) is 18.2 Å². The normalized spacial score (nSPS) is 14.8. The molecule has 3 aromatic carbocycles. The minimum atomic E-state index is -0.611. The first kappa shape index (κ1) is 23.7. The number of furan rings is 1. The Labute approximate surface area is 210 Å². The molecule has 1 fully saturated rings. The number of benzene rings is 3. The van der Waals surface area contributed by atoms with Crippen molar-refractivity contribution in [3.05, 3.63) is 83.9 Å². The summed E-state index contributed by atoms with van der Waals surface area (Å²) >= 11 is 0. The molecule has 5 rings (SSSR count). The Morgan fingerprint density at radius 1 is 0.944 bits per heavy atom. The third kappa shape index (κ3) is 4.47. The molecule has 0 saturated heterocycles. The van der Waals surface area contributed by atoms with Crippen LogP contribution in [-0.2, 0) is 10.3 Å². The van der Waals surface area contributed by atoms with Crippen LogP contribution in [0, 0.1) is 0 Å². The van der Waals surface area contributed by atoms with Crippen LogP contribution in [0.4, 0.5) is 4.79 Å². The van der Waals surface area contributed by atoms with Gasteiger partial charge in [0.2, 0.25) is 5.91 Å². The largest absolute Gasteiger partial charge is 0.455 e. The van der Waals surface area contributed by atoms with Gasteiger partial charge in [-0.05, 0) is 69.4 Å². The first-order valence-corrected chi connectivity index (χ1v) is 12.2. The van der Waals surface area contributed by atoms with Crippen molar-refractivity contribution in [2.75, 3.05) is 0 Å². The molecule has 184 valence electrons. The second kappa shape index (κ2) is 8.86. The fourth-order valence-electron chi connectivity index (χ4n) is 4.73. The van der Waals surface area contributed by atoms with E-state index in [0.29, 0.717) is 16.9 Å². The monoisotopic (exact) mass is 482 g/mol. The van der Waals surface area contributed by atoms with E-state index in [4.69, 9.17) is 14.9 Å². The molecule has 0 radical (unpaired) electrons. The Hall–Kier alpha value is -4.06. The maximum atomic E-state index is 12.5. The number of hydrogen-bond acceptors (Lipinski definition) is 4. The Balaban J connectivity index is 1.54. The Kier molecular flexibility index (Phi) is 5.83. The van der Waals surface area contributed by atoms with Crippen LogP contribution in [-0.4, -0.2) is 17.5 Å². The molecule has 6 nitrogen and oxygen atoms in total. The molecule has 1 heterocycles. The van der Waals surface area contributed by atoms with E-state index < -0.39 is 17.6 Å². The molecule has 1 saturated carbocycles. The van der Waals surface area contributed by atoms with E-state index >= 15 is 0 Å². The van der Waals surface area contributed by atoms with Gasteiger partial charge >= 0.3 is 6.09 Å². The Morgan fingerprint density at radius 3 is 2.22 bits per heavy atom. The van der Waals surface area contributed by atoms with Crippen LogP contribution >= 0.6 is 0 Å². The molecule has 0 atom stereocenters. The van der Waals surface area contributed by atoms with Gasteiger partial charge in [-0.25, -0.2) is 4.79 Å². The van der Waals surface area contributed by atoms with Crippen molar-refractivity contribution in [1.82, 2.24) is 5.32 Å². The number of rotatable bonds is 5. The van der Waals surface area contributed by atoms with Crippen molar-refractivity contribution < 1.29 is 18.7 Å². The fourth-order valence-corrected chi connectivity index (χ4v) is 4.73. The average Bonchev–Trinajstić information content (AvgIpc) is 3.20. The molecule has 1 aliphatic rings. The lowest BCUT2D eigenvalue weighted by molar-refractivity contribution is -0.0549. The van der Waals surface area contributed by atoms with Gasteiger partial charge in [0.05, 0.1) is 0 Å². The predicted molar refractivity (Wildman–Crippen MR) is 141 cm³/mol. The van der Waals surface area contributed by atoms with Gasteiger partial charge in [0, 0.05) is 27.6 Å². The van der Waals surface area contributed by atoms with Gasteiger partial charge in [-0.3, -0.25) is 4.79 Å². The van der Waals surface area contributed by atoms with Crippen molar-refractivity contribution in [2.24, 2.45) is 5.73 Å². The predicted octanol–water partition coefficient (Wildman–Crippen LogP) is 6.77. The van der Waals surface area contributed by atoms with Crippen LogP contribution < -0.4 is 11.1 Å². The average molecular weight is 483 g/mol. The number of nitrogens with two attached hydrogens (primary N) is 1. The van der Waals surface area contributed by atoms with E-state index in [0.717, 1.165) is 46.9 Å². The molecular weight excluding hydrogens is 452 g/mol. The van der Waals surface area contributed by atoms with E-state index in [1.165, 1.54) is 0 Å². The molecule has 0 aliphatic heterocycles. The fraction of sp³-hybridized carbons (Fsp3) is 0.267. The quantitative estimate of drug-likeness (QED) is 0.328. The molecule has 1 aliphatic carbocycles. The SMILES string of the molecule is CC(C)(C)NC(=O)OC1(c2ccc(-c3oc4ccc(C(N)=O)cc4c3-c3ccccc3)cc2)CCC1. The maximum absolute atomic E-state index is 12.5. The second-order valence-corrected chi connectivity index (χ2v) is 10.4. The summed E-state index contributed by atoms with van der Waals surface area (Å²) < 4.78 is 12.3. The second-order valence-electron chi connectivity index (χ2n) is 10.4. The Bertz CT molecular complexity index is 1430. The lowest BCUT2D eigenvalue weighted by Gasteiger charge is -2.42. The van der Waals surface area contributed by atoms with Crippen molar-refractivity contribution in [3.63, 3.8) is 0 Å². The lowest BCUT2D eigenvalue weighted by Crippen LogP contribution is -2.47. The van der Waals surface area contributed by atoms with Gasteiger partial charge in [0.15, 0.2) is 0 Å². The van der Waals surface area contributed by atoms with Crippen molar-refractivity contribution in [2.45, 2.75) is 51.2 Å². The number of amides is 2. The number of ether oxygens (including phenoxy) is 1. The standard InChI is InChI=1S/C30H30N2O4/c1-29(2,3)32-28(34)36-30(16-7-17-30)22-13-10-20(11-14-22)26-25(19-8-5-4-6-9-19)23-18-21(27(31)33)12-15-24(23)35-26/h4-6,8-15,18H,7,16-17H2,1-3H3,(H2,31,33)(H,32,34). The molecule has 0 spiro atoms. The molecule has 2 amide bonds. The zero-order valence-corrected chi connectivity index (χ0v) is 20.8. The van der Waals surface area contributed by atoms with Crippen molar-refractivity contribution in [1.29, 1.82) is 0 Å². The summed E-state index contributed by atoms with van der Waals surface area (Å²) in [6.45, 7) is 5.79. The molecule has 0 bridgehead atoms. The highest BCUT2D eigenvalue weighted by molar-refractivity contribution is 6.05. The van der Waals surface area contributed by atoms with E-state index in [9.17, 15) is 9.59 Å². The lowest BCUT2D eigenvalue weighted by atomic mass is 9.74. The number of alkyl carbamates (subject to hydrolysis) is 1. The maximum Gasteiger partial charge on any atom is 0.408 e.